The van der Waals surface area contributed by atoms with E-state index >= 15 is 0 Å². The molecule has 10 nitrogen and oxygen atoms in total. The van der Waals surface area contributed by atoms with Crippen molar-refractivity contribution in [2.45, 2.75) is 18.7 Å². The third kappa shape index (κ3) is 5.57. The molecular formula is C42H35N5O5S. The second-order valence-electron chi connectivity index (χ2n) is 13.0. The molecule has 3 aromatic heterocycles. The summed E-state index contributed by atoms with van der Waals surface area (Å²) < 4.78 is 28.1. The summed E-state index contributed by atoms with van der Waals surface area (Å²) >= 11 is 0. The highest BCUT2D eigenvalue weighted by Gasteiger charge is 2.23. The van der Waals surface area contributed by atoms with Gasteiger partial charge in [0.2, 0.25) is 5.95 Å². The molecule has 1 unspecified atom stereocenters. The number of carboxylic acids is 1. The number of nitrogens with zero attached hydrogens (tertiary/aromatic N) is 5. The first-order valence-electron chi connectivity index (χ1n) is 16.8. The van der Waals surface area contributed by atoms with E-state index < -0.39 is 15.5 Å². The topological polar surface area (TPSA) is 121 Å². The average molecular weight is 722 g/mol. The third-order valence-electron chi connectivity index (χ3n) is 9.73. The first kappa shape index (κ1) is 33.7. The van der Waals surface area contributed by atoms with E-state index in [1.165, 1.54) is 14.2 Å². The van der Waals surface area contributed by atoms with E-state index in [1.807, 2.05) is 67.6 Å². The van der Waals surface area contributed by atoms with Gasteiger partial charge in [0.05, 0.1) is 35.7 Å². The molecule has 8 rings (SSSR count). The van der Waals surface area contributed by atoms with E-state index in [4.69, 9.17) is 24.4 Å². The Hall–Kier alpha value is -6.46. The van der Waals surface area contributed by atoms with Gasteiger partial charge in [-0.3, -0.25) is 8.78 Å². The summed E-state index contributed by atoms with van der Waals surface area (Å²) in [5, 5.41) is 12.9. The SMILES string of the molecule is C=S(C)(=O)c1ccc(-c2nc(-c3ccccc3)nc(-n3c4ccccc4c4cc5c(cc43)c(C)c(C)n5-c3ccc(OC)c(C(=O)O)c3)n2)cc1OC. The Morgan fingerprint density at radius 2 is 1.36 bits per heavy atom. The lowest BCUT2D eigenvalue weighted by Gasteiger charge is -2.13. The predicted molar refractivity (Wildman–Crippen MR) is 211 cm³/mol. The number of methoxy groups -OCH3 is 2. The summed E-state index contributed by atoms with van der Waals surface area (Å²) in [5.74, 6) is 4.86. The van der Waals surface area contributed by atoms with Gasteiger partial charge in [0.25, 0.3) is 0 Å². The van der Waals surface area contributed by atoms with E-state index in [-0.39, 0.29) is 5.56 Å². The van der Waals surface area contributed by atoms with Crippen LogP contribution in [0.25, 0.3) is 67.1 Å². The number of aryl methyl sites for hydroxylation is 1. The largest absolute Gasteiger partial charge is 0.496 e. The molecule has 1 atom stereocenters. The van der Waals surface area contributed by atoms with Crippen LogP contribution in [0.15, 0.2) is 108 Å². The monoisotopic (exact) mass is 721 g/mol. The molecule has 0 saturated carbocycles. The van der Waals surface area contributed by atoms with E-state index in [9.17, 15) is 14.1 Å². The smallest absolute Gasteiger partial charge is 0.339 e. The highest BCUT2D eigenvalue weighted by atomic mass is 32.2. The van der Waals surface area contributed by atoms with E-state index in [2.05, 4.69) is 40.1 Å². The lowest BCUT2D eigenvalue weighted by Crippen LogP contribution is -2.07. The molecule has 11 heteroatoms. The van der Waals surface area contributed by atoms with Gasteiger partial charge in [-0.05, 0) is 89.4 Å². The highest BCUT2D eigenvalue weighted by Crippen LogP contribution is 2.39. The number of fused-ring (bicyclic) bond motifs is 4. The van der Waals surface area contributed by atoms with Crippen molar-refractivity contribution < 1.29 is 23.6 Å². The van der Waals surface area contributed by atoms with Crippen LogP contribution in [0.5, 0.6) is 11.5 Å². The van der Waals surface area contributed by atoms with E-state index in [0.29, 0.717) is 39.6 Å². The average Bonchev–Trinajstić information content (AvgIpc) is 3.62. The van der Waals surface area contributed by atoms with Gasteiger partial charge in [0.1, 0.15) is 17.1 Å². The van der Waals surface area contributed by atoms with Crippen molar-refractivity contribution in [2.75, 3.05) is 20.5 Å². The lowest BCUT2D eigenvalue weighted by atomic mass is 10.1. The fourth-order valence-electron chi connectivity index (χ4n) is 7.06. The van der Waals surface area contributed by atoms with Crippen LogP contribution in [-0.2, 0) is 9.52 Å². The summed E-state index contributed by atoms with van der Waals surface area (Å²) in [6.07, 6.45) is 1.58. The molecular weight excluding hydrogens is 687 g/mol. The van der Waals surface area contributed by atoms with Crippen molar-refractivity contribution in [1.82, 2.24) is 24.1 Å². The minimum absolute atomic E-state index is 0.0864. The molecule has 0 aliphatic heterocycles. The number of carbonyl (C=O) groups is 1. The first-order chi connectivity index (χ1) is 25.5. The molecule has 0 radical (unpaired) electrons. The van der Waals surface area contributed by atoms with Crippen LogP contribution < -0.4 is 9.47 Å². The van der Waals surface area contributed by atoms with Crippen LogP contribution in [0, 0.1) is 13.8 Å². The standard InChI is InChI=1S/C42H35N5O5S/c1-24-25(2)46(28-17-18-36(51-3)32(21-28)41(48)49)34-23-31-29-14-10-11-15-33(29)47(35(31)22-30(24)34)42-44-39(26-12-8-7-9-13-26)43-40(45-42)27-16-19-38(53(5,6)50)37(20-27)52-4/h7-23H,5H2,1-4,6H3,(H,48,49). The fraction of sp³-hybridized carbons (Fsp3) is 0.119. The van der Waals surface area contributed by atoms with Gasteiger partial charge in [-0.2, -0.15) is 9.97 Å². The summed E-state index contributed by atoms with van der Waals surface area (Å²) in [7, 11) is 0.451. The zero-order chi connectivity index (χ0) is 37.2. The number of para-hydroxylation sites is 1. The van der Waals surface area contributed by atoms with Crippen LogP contribution in [0.3, 0.4) is 0 Å². The highest BCUT2D eigenvalue weighted by molar-refractivity contribution is 7.99. The van der Waals surface area contributed by atoms with Gasteiger partial charge >= 0.3 is 5.97 Å². The van der Waals surface area contributed by atoms with E-state index in [1.54, 1.807) is 30.5 Å². The van der Waals surface area contributed by atoms with Crippen molar-refractivity contribution in [3.8, 4) is 45.9 Å². The molecule has 53 heavy (non-hydrogen) atoms. The second kappa shape index (κ2) is 12.6. The zero-order valence-electron chi connectivity index (χ0n) is 29.7. The number of carboxylic acid groups (broad SMARTS) is 1. The number of aromatic nitrogens is 5. The molecule has 0 aliphatic rings. The molecule has 0 fully saturated rings. The van der Waals surface area contributed by atoms with Gasteiger partial charge < -0.3 is 19.1 Å². The lowest BCUT2D eigenvalue weighted by molar-refractivity contribution is 0.0693. The summed E-state index contributed by atoms with van der Waals surface area (Å²) in [6, 6.07) is 32.8. The third-order valence-corrected chi connectivity index (χ3v) is 11.0. The molecule has 0 aliphatic carbocycles. The molecule has 5 aromatic carbocycles. The minimum Gasteiger partial charge on any atom is -0.496 e. The predicted octanol–water partition coefficient (Wildman–Crippen LogP) is 8.28. The van der Waals surface area contributed by atoms with E-state index in [0.717, 1.165) is 55.2 Å². The van der Waals surface area contributed by atoms with Crippen molar-refractivity contribution in [3.63, 3.8) is 0 Å². The van der Waals surface area contributed by atoms with Gasteiger partial charge in [-0.1, -0.05) is 48.5 Å². The molecule has 3 heterocycles. The number of hydrogen-bond donors (Lipinski definition) is 1. The summed E-state index contributed by atoms with van der Waals surface area (Å²) in [4.78, 5) is 27.7. The number of rotatable bonds is 8. The Kier molecular flexibility index (Phi) is 8.03. The van der Waals surface area contributed by atoms with Gasteiger partial charge in [0, 0.05) is 44.9 Å². The fourth-order valence-corrected chi connectivity index (χ4v) is 7.98. The molecule has 0 spiro atoms. The molecule has 1 N–H and O–H groups in total. The molecule has 8 aromatic rings. The van der Waals surface area contributed by atoms with Crippen LogP contribution in [0.4, 0.5) is 0 Å². The van der Waals surface area contributed by atoms with Gasteiger partial charge in [-0.15, -0.1) is 0 Å². The van der Waals surface area contributed by atoms with Crippen LogP contribution in [0.2, 0.25) is 0 Å². The molecule has 264 valence electrons. The van der Waals surface area contributed by atoms with Crippen molar-refractivity contribution in [1.29, 1.82) is 0 Å². The number of hydrogen-bond acceptors (Lipinski definition) is 7. The molecule has 0 saturated heterocycles. The van der Waals surface area contributed by atoms with Gasteiger partial charge in [-0.25, -0.2) is 9.78 Å². The summed E-state index contributed by atoms with van der Waals surface area (Å²) in [6.45, 7) is 4.10. The van der Waals surface area contributed by atoms with Gasteiger partial charge in [0.15, 0.2) is 11.6 Å². The Morgan fingerprint density at radius 3 is 2.06 bits per heavy atom. The van der Waals surface area contributed by atoms with Crippen LogP contribution in [-0.4, -0.2) is 65.7 Å². The van der Waals surface area contributed by atoms with Crippen molar-refractivity contribution in [2.24, 2.45) is 0 Å². The number of ether oxygens (including phenoxy) is 2. The molecule has 0 amide bonds. The second-order valence-corrected chi connectivity index (χ2v) is 15.4. The Balaban J connectivity index is 1.41. The first-order valence-corrected chi connectivity index (χ1v) is 18.9. The van der Waals surface area contributed by atoms with Crippen molar-refractivity contribution in [3.05, 3.63) is 120 Å². The van der Waals surface area contributed by atoms with Crippen LogP contribution >= 0.6 is 0 Å². The summed E-state index contributed by atoms with van der Waals surface area (Å²) in [5.41, 5.74) is 7.06. The Labute approximate surface area is 305 Å². The Bertz CT molecular complexity index is 2890. The maximum atomic E-state index is 12.9. The zero-order valence-corrected chi connectivity index (χ0v) is 30.6. The number of benzene rings is 5. The quantitative estimate of drug-likeness (QED) is 0.156. The normalized spacial score (nSPS) is 12.7. The molecule has 0 bridgehead atoms. The van der Waals surface area contributed by atoms with Crippen molar-refractivity contribution >= 4 is 54.1 Å². The maximum Gasteiger partial charge on any atom is 0.339 e. The number of aromatic carboxylic acids is 1. The maximum absolute atomic E-state index is 12.9. The Morgan fingerprint density at radius 1 is 0.698 bits per heavy atom. The van der Waals surface area contributed by atoms with Crippen LogP contribution in [0.1, 0.15) is 21.6 Å². The minimum atomic E-state index is -2.55.